The molecule has 98 valence electrons. The van der Waals surface area contributed by atoms with Gasteiger partial charge >= 0.3 is 5.97 Å². The van der Waals surface area contributed by atoms with Gasteiger partial charge in [-0.25, -0.2) is 9.78 Å². The monoisotopic (exact) mass is 248 g/mol. The van der Waals surface area contributed by atoms with Crippen LogP contribution in [0.5, 0.6) is 0 Å². The number of hydrogen-bond acceptors (Lipinski definition) is 3. The summed E-state index contributed by atoms with van der Waals surface area (Å²) in [6.45, 7) is 2.85. The van der Waals surface area contributed by atoms with Gasteiger partial charge in [-0.15, -0.1) is 0 Å². The van der Waals surface area contributed by atoms with E-state index in [0.717, 1.165) is 31.0 Å². The lowest BCUT2D eigenvalue weighted by Crippen LogP contribution is -2.07. The van der Waals surface area contributed by atoms with Crippen molar-refractivity contribution >= 4 is 11.8 Å². The predicted molar refractivity (Wildman–Crippen MR) is 71.0 cm³/mol. The van der Waals surface area contributed by atoms with Gasteiger partial charge in [-0.05, 0) is 37.3 Å². The van der Waals surface area contributed by atoms with Crippen molar-refractivity contribution in [3.8, 4) is 0 Å². The normalized spacial score (nSPS) is 14.5. The van der Waals surface area contributed by atoms with Crippen molar-refractivity contribution in [1.29, 1.82) is 0 Å². The highest BCUT2D eigenvalue weighted by molar-refractivity contribution is 5.88. The Kier molecular flexibility index (Phi) is 4.18. The summed E-state index contributed by atoms with van der Waals surface area (Å²) in [5, 5.41) is 12.2. The molecule has 0 radical (unpaired) electrons. The van der Waals surface area contributed by atoms with Gasteiger partial charge in [-0.3, -0.25) is 0 Å². The van der Waals surface area contributed by atoms with Crippen LogP contribution in [0.1, 0.15) is 48.7 Å². The average molecular weight is 248 g/mol. The number of carboxylic acids is 1. The molecular formula is C14H20N2O2. The molecule has 2 rings (SSSR count). The van der Waals surface area contributed by atoms with E-state index in [-0.39, 0.29) is 0 Å². The number of pyridine rings is 1. The second-order valence-corrected chi connectivity index (χ2v) is 4.90. The quantitative estimate of drug-likeness (QED) is 0.728. The molecule has 1 fully saturated rings. The second kappa shape index (κ2) is 5.85. The standard InChI is InChI=1S/C14H20N2O2/c1-2-12-8-11(14(17)18)9-13(16-12)15-7-3-4-10-5-6-10/h8-10H,2-7H2,1H3,(H,15,16)(H,17,18). The molecule has 1 aliphatic rings. The van der Waals surface area contributed by atoms with Crippen molar-refractivity contribution in [2.24, 2.45) is 5.92 Å². The third-order valence-electron chi connectivity index (χ3n) is 3.28. The van der Waals surface area contributed by atoms with Crippen LogP contribution in [-0.2, 0) is 6.42 Å². The maximum atomic E-state index is 11.0. The Morgan fingerprint density at radius 2 is 2.28 bits per heavy atom. The van der Waals surface area contributed by atoms with Crippen LogP contribution in [0.2, 0.25) is 0 Å². The van der Waals surface area contributed by atoms with Gasteiger partial charge in [-0.2, -0.15) is 0 Å². The molecule has 4 nitrogen and oxygen atoms in total. The number of hydrogen-bond donors (Lipinski definition) is 2. The first-order valence-electron chi connectivity index (χ1n) is 6.67. The number of aromatic carboxylic acids is 1. The zero-order chi connectivity index (χ0) is 13.0. The fourth-order valence-corrected chi connectivity index (χ4v) is 2.00. The Hall–Kier alpha value is -1.58. The summed E-state index contributed by atoms with van der Waals surface area (Å²) in [4.78, 5) is 15.4. The zero-order valence-corrected chi connectivity index (χ0v) is 10.8. The van der Waals surface area contributed by atoms with E-state index in [1.165, 1.54) is 19.3 Å². The molecule has 0 bridgehead atoms. The average Bonchev–Trinajstić information content (AvgIpc) is 3.18. The molecule has 0 spiro atoms. The molecule has 0 aromatic carbocycles. The number of carboxylic acid groups (broad SMARTS) is 1. The summed E-state index contributed by atoms with van der Waals surface area (Å²) < 4.78 is 0. The number of carbonyl (C=O) groups is 1. The van der Waals surface area contributed by atoms with E-state index in [2.05, 4.69) is 10.3 Å². The third-order valence-corrected chi connectivity index (χ3v) is 3.28. The first-order valence-corrected chi connectivity index (χ1v) is 6.67. The molecule has 2 N–H and O–H groups in total. The highest BCUT2D eigenvalue weighted by Gasteiger charge is 2.19. The van der Waals surface area contributed by atoms with E-state index in [1.807, 2.05) is 6.92 Å². The molecule has 1 aromatic heterocycles. The van der Waals surface area contributed by atoms with E-state index in [1.54, 1.807) is 12.1 Å². The molecule has 1 saturated carbocycles. The predicted octanol–water partition coefficient (Wildman–Crippen LogP) is 2.94. The molecule has 1 heterocycles. The lowest BCUT2D eigenvalue weighted by molar-refractivity contribution is 0.0696. The van der Waals surface area contributed by atoms with Crippen molar-refractivity contribution in [3.63, 3.8) is 0 Å². The highest BCUT2D eigenvalue weighted by atomic mass is 16.4. The largest absolute Gasteiger partial charge is 0.478 e. The van der Waals surface area contributed by atoms with Crippen molar-refractivity contribution < 1.29 is 9.90 Å². The zero-order valence-electron chi connectivity index (χ0n) is 10.8. The SMILES string of the molecule is CCc1cc(C(=O)O)cc(NCCCC2CC2)n1. The summed E-state index contributed by atoms with van der Waals surface area (Å²) in [6, 6.07) is 3.25. The maximum Gasteiger partial charge on any atom is 0.335 e. The lowest BCUT2D eigenvalue weighted by Gasteiger charge is -2.08. The highest BCUT2D eigenvalue weighted by Crippen LogP contribution is 2.33. The van der Waals surface area contributed by atoms with Gasteiger partial charge in [-0.1, -0.05) is 19.8 Å². The minimum Gasteiger partial charge on any atom is -0.478 e. The van der Waals surface area contributed by atoms with Gasteiger partial charge in [0.1, 0.15) is 5.82 Å². The summed E-state index contributed by atoms with van der Waals surface area (Å²) >= 11 is 0. The molecule has 0 atom stereocenters. The lowest BCUT2D eigenvalue weighted by atomic mass is 10.2. The number of rotatable bonds is 7. The van der Waals surface area contributed by atoms with Crippen LogP contribution in [0.15, 0.2) is 12.1 Å². The topological polar surface area (TPSA) is 62.2 Å². The Balaban J connectivity index is 1.92. The van der Waals surface area contributed by atoms with E-state index < -0.39 is 5.97 Å². The molecular weight excluding hydrogens is 228 g/mol. The summed E-state index contributed by atoms with van der Waals surface area (Å²) in [6.07, 6.45) is 5.91. The number of nitrogens with one attached hydrogen (secondary N) is 1. The number of aryl methyl sites for hydroxylation is 1. The minimum atomic E-state index is -0.895. The van der Waals surface area contributed by atoms with Crippen molar-refractivity contribution in [3.05, 3.63) is 23.4 Å². The van der Waals surface area contributed by atoms with Gasteiger partial charge in [0.15, 0.2) is 0 Å². The third kappa shape index (κ3) is 3.72. The van der Waals surface area contributed by atoms with Crippen molar-refractivity contribution in [1.82, 2.24) is 4.98 Å². The Morgan fingerprint density at radius 3 is 2.89 bits per heavy atom. The van der Waals surface area contributed by atoms with Gasteiger partial charge in [0, 0.05) is 12.2 Å². The van der Waals surface area contributed by atoms with Crippen LogP contribution in [0.4, 0.5) is 5.82 Å². The number of nitrogens with zero attached hydrogens (tertiary/aromatic N) is 1. The van der Waals surface area contributed by atoms with E-state index >= 15 is 0 Å². The molecule has 0 aliphatic heterocycles. The molecule has 0 amide bonds. The van der Waals surface area contributed by atoms with Gasteiger partial charge in [0.25, 0.3) is 0 Å². The molecule has 0 unspecified atom stereocenters. The molecule has 1 aromatic rings. The molecule has 4 heteroatoms. The smallest absolute Gasteiger partial charge is 0.335 e. The second-order valence-electron chi connectivity index (χ2n) is 4.90. The molecule has 18 heavy (non-hydrogen) atoms. The van der Waals surface area contributed by atoms with Gasteiger partial charge in [0.2, 0.25) is 0 Å². The van der Waals surface area contributed by atoms with Crippen LogP contribution in [0.3, 0.4) is 0 Å². The minimum absolute atomic E-state index is 0.312. The number of anilines is 1. The van der Waals surface area contributed by atoms with Gasteiger partial charge in [0.05, 0.1) is 5.56 Å². The van der Waals surface area contributed by atoms with Crippen LogP contribution in [-0.4, -0.2) is 22.6 Å². The van der Waals surface area contributed by atoms with Crippen molar-refractivity contribution in [2.75, 3.05) is 11.9 Å². The van der Waals surface area contributed by atoms with Crippen LogP contribution >= 0.6 is 0 Å². The van der Waals surface area contributed by atoms with E-state index in [9.17, 15) is 4.79 Å². The molecule has 1 aliphatic carbocycles. The molecule has 0 saturated heterocycles. The van der Waals surface area contributed by atoms with E-state index in [4.69, 9.17) is 5.11 Å². The van der Waals surface area contributed by atoms with E-state index in [0.29, 0.717) is 11.4 Å². The Labute approximate surface area is 107 Å². The fraction of sp³-hybridized carbons (Fsp3) is 0.571. The number of aromatic nitrogens is 1. The fourth-order valence-electron chi connectivity index (χ4n) is 2.00. The maximum absolute atomic E-state index is 11.0. The summed E-state index contributed by atoms with van der Waals surface area (Å²) in [5.74, 6) is 0.729. The van der Waals surface area contributed by atoms with Crippen LogP contribution < -0.4 is 5.32 Å². The first-order chi connectivity index (χ1) is 8.69. The van der Waals surface area contributed by atoms with Crippen LogP contribution in [0.25, 0.3) is 0 Å². The summed E-state index contributed by atoms with van der Waals surface area (Å²) in [5.41, 5.74) is 1.13. The Bertz CT molecular complexity index is 428. The Morgan fingerprint density at radius 1 is 1.50 bits per heavy atom. The van der Waals surface area contributed by atoms with Crippen LogP contribution in [0, 0.1) is 5.92 Å². The first kappa shape index (κ1) is 12.9. The summed E-state index contributed by atoms with van der Waals surface area (Å²) in [7, 11) is 0. The van der Waals surface area contributed by atoms with Gasteiger partial charge < -0.3 is 10.4 Å². The van der Waals surface area contributed by atoms with Crippen molar-refractivity contribution in [2.45, 2.75) is 39.0 Å².